The Hall–Kier alpha value is -0.0000000000000000555. The van der Waals surface area contributed by atoms with Crippen LogP contribution in [0.5, 0.6) is 0 Å². The lowest BCUT2D eigenvalue weighted by molar-refractivity contribution is 0.262. The Morgan fingerprint density at radius 3 is 2.55 bits per heavy atom. The molecule has 1 rings (SSSR count). The summed E-state index contributed by atoms with van der Waals surface area (Å²) in [5, 5.41) is 0.727. The molecule has 0 atom stereocenters. The van der Waals surface area contributed by atoms with Gasteiger partial charge in [0, 0.05) is 5.02 Å². The summed E-state index contributed by atoms with van der Waals surface area (Å²) in [5.74, 6) is 0. The predicted octanol–water partition coefficient (Wildman–Crippen LogP) is 3.08. The Labute approximate surface area is 84.0 Å². The minimum absolute atomic E-state index is 0.611. The highest BCUT2D eigenvalue weighted by molar-refractivity contribution is 14.1. The van der Waals surface area contributed by atoms with Crippen molar-refractivity contribution in [3.8, 4) is 0 Å². The molecular weight excluding hydrogens is 276 g/mol. The highest BCUT2D eigenvalue weighted by Crippen LogP contribution is 2.13. The van der Waals surface area contributed by atoms with E-state index in [1.165, 1.54) is 0 Å². The van der Waals surface area contributed by atoms with Crippen LogP contribution in [0.3, 0.4) is 0 Å². The number of hydrogen-bond acceptors (Lipinski definition) is 2. The molecule has 2 nitrogen and oxygen atoms in total. The van der Waals surface area contributed by atoms with Crippen molar-refractivity contribution in [2.75, 3.05) is 10.1 Å². The highest BCUT2D eigenvalue weighted by Gasteiger charge is 1.89. The Morgan fingerprint density at radius 2 is 2.00 bits per heavy atom. The Morgan fingerprint density at radius 1 is 1.36 bits per heavy atom. The SMILES string of the molecule is Clc1ccc(NOCI)cc1. The average Bonchev–Trinajstić information content (AvgIpc) is 2.04. The molecule has 0 spiro atoms. The third-order valence-corrected chi connectivity index (χ3v) is 1.65. The summed E-state index contributed by atoms with van der Waals surface area (Å²) in [6.07, 6.45) is 0. The first-order chi connectivity index (χ1) is 5.33. The van der Waals surface area contributed by atoms with Crippen LogP contribution in [0.25, 0.3) is 0 Å². The van der Waals surface area contributed by atoms with Gasteiger partial charge < -0.3 is 0 Å². The fourth-order valence-corrected chi connectivity index (χ4v) is 0.910. The molecule has 0 amide bonds. The van der Waals surface area contributed by atoms with E-state index in [0.29, 0.717) is 4.61 Å². The normalized spacial score (nSPS) is 9.64. The summed E-state index contributed by atoms with van der Waals surface area (Å²) >= 11 is 7.79. The van der Waals surface area contributed by atoms with Gasteiger partial charge in [0.25, 0.3) is 0 Å². The van der Waals surface area contributed by atoms with E-state index in [1.807, 2.05) is 12.1 Å². The maximum atomic E-state index is 5.68. The molecule has 0 aliphatic heterocycles. The van der Waals surface area contributed by atoms with Crippen molar-refractivity contribution in [3.05, 3.63) is 29.3 Å². The lowest BCUT2D eigenvalue weighted by Crippen LogP contribution is -1.97. The van der Waals surface area contributed by atoms with E-state index in [0.717, 1.165) is 10.7 Å². The van der Waals surface area contributed by atoms with Crippen molar-refractivity contribution in [2.45, 2.75) is 0 Å². The molecule has 0 unspecified atom stereocenters. The van der Waals surface area contributed by atoms with Gasteiger partial charge in [0.2, 0.25) is 0 Å². The lowest BCUT2D eigenvalue weighted by Gasteiger charge is -2.02. The van der Waals surface area contributed by atoms with Gasteiger partial charge in [-0.25, -0.2) is 0 Å². The number of benzene rings is 1. The second-order valence-electron chi connectivity index (χ2n) is 1.86. The van der Waals surface area contributed by atoms with Crippen molar-refractivity contribution < 1.29 is 4.84 Å². The van der Waals surface area contributed by atoms with Crippen molar-refractivity contribution in [1.29, 1.82) is 0 Å². The van der Waals surface area contributed by atoms with Crippen molar-refractivity contribution in [2.24, 2.45) is 0 Å². The molecule has 0 aliphatic rings. The largest absolute Gasteiger partial charge is 0.266 e. The molecular formula is C7H7ClINO. The minimum atomic E-state index is 0.611. The Kier molecular flexibility index (Phi) is 3.96. The molecule has 0 aromatic heterocycles. The van der Waals surface area contributed by atoms with Gasteiger partial charge in [-0.1, -0.05) is 34.2 Å². The number of hydrogen-bond donors (Lipinski definition) is 1. The number of halogens is 2. The fraction of sp³-hybridized carbons (Fsp3) is 0.143. The van der Waals surface area contributed by atoms with Crippen LogP contribution in [0.4, 0.5) is 5.69 Å². The molecule has 0 fully saturated rings. The average molecular weight is 283 g/mol. The summed E-state index contributed by atoms with van der Waals surface area (Å²) in [5.41, 5.74) is 3.66. The Balaban J connectivity index is 2.52. The molecule has 0 heterocycles. The predicted molar refractivity (Wildman–Crippen MR) is 55.0 cm³/mol. The summed E-state index contributed by atoms with van der Waals surface area (Å²) in [6.45, 7) is 0. The van der Waals surface area contributed by atoms with Crippen LogP contribution in [0.1, 0.15) is 0 Å². The molecule has 0 saturated heterocycles. The van der Waals surface area contributed by atoms with Gasteiger partial charge in [0.1, 0.15) is 4.61 Å². The van der Waals surface area contributed by atoms with Gasteiger partial charge in [0.15, 0.2) is 0 Å². The van der Waals surface area contributed by atoms with Gasteiger partial charge in [-0.3, -0.25) is 10.3 Å². The number of rotatable bonds is 3. The van der Waals surface area contributed by atoms with E-state index >= 15 is 0 Å². The monoisotopic (exact) mass is 283 g/mol. The molecule has 0 bridgehead atoms. The zero-order valence-corrected chi connectivity index (χ0v) is 8.59. The quantitative estimate of drug-likeness (QED) is 0.523. The van der Waals surface area contributed by atoms with Crippen LogP contribution in [0.2, 0.25) is 5.02 Å². The molecule has 0 saturated carbocycles. The van der Waals surface area contributed by atoms with Gasteiger partial charge in [0.05, 0.1) is 5.69 Å². The van der Waals surface area contributed by atoms with E-state index in [9.17, 15) is 0 Å². The first-order valence-electron chi connectivity index (χ1n) is 3.02. The van der Waals surface area contributed by atoms with Crippen molar-refractivity contribution in [1.82, 2.24) is 0 Å². The van der Waals surface area contributed by atoms with Crippen LogP contribution >= 0.6 is 34.2 Å². The van der Waals surface area contributed by atoms with Crippen LogP contribution in [-0.4, -0.2) is 4.61 Å². The molecule has 1 aromatic rings. The Bertz CT molecular complexity index is 214. The second kappa shape index (κ2) is 4.79. The molecule has 1 aromatic carbocycles. The summed E-state index contributed by atoms with van der Waals surface area (Å²) < 4.78 is 0.611. The smallest absolute Gasteiger partial charge is 0.126 e. The first kappa shape index (κ1) is 9.09. The maximum absolute atomic E-state index is 5.68. The maximum Gasteiger partial charge on any atom is 0.126 e. The summed E-state index contributed by atoms with van der Waals surface area (Å²) in [7, 11) is 0. The topological polar surface area (TPSA) is 21.3 Å². The van der Waals surface area contributed by atoms with Crippen molar-refractivity contribution in [3.63, 3.8) is 0 Å². The van der Waals surface area contributed by atoms with E-state index in [4.69, 9.17) is 16.4 Å². The summed E-state index contributed by atoms with van der Waals surface area (Å²) in [4.78, 5) is 4.95. The van der Waals surface area contributed by atoms with Crippen LogP contribution < -0.4 is 5.48 Å². The lowest BCUT2D eigenvalue weighted by atomic mass is 10.3. The molecule has 60 valence electrons. The molecule has 0 radical (unpaired) electrons. The fourth-order valence-electron chi connectivity index (χ4n) is 0.629. The third kappa shape index (κ3) is 3.27. The van der Waals surface area contributed by atoms with Crippen LogP contribution in [0.15, 0.2) is 24.3 Å². The molecule has 11 heavy (non-hydrogen) atoms. The van der Waals surface area contributed by atoms with Gasteiger partial charge in [-0.05, 0) is 24.3 Å². The number of anilines is 1. The minimum Gasteiger partial charge on any atom is -0.266 e. The number of nitrogens with one attached hydrogen (secondary N) is 1. The zero-order valence-electron chi connectivity index (χ0n) is 5.68. The van der Waals surface area contributed by atoms with Crippen LogP contribution in [0, 0.1) is 0 Å². The number of alkyl halides is 1. The van der Waals surface area contributed by atoms with Crippen LogP contribution in [-0.2, 0) is 4.84 Å². The molecule has 0 aliphatic carbocycles. The van der Waals surface area contributed by atoms with Gasteiger partial charge in [-0.2, -0.15) is 0 Å². The highest BCUT2D eigenvalue weighted by atomic mass is 127. The first-order valence-corrected chi connectivity index (χ1v) is 4.92. The van der Waals surface area contributed by atoms with Gasteiger partial charge >= 0.3 is 0 Å². The van der Waals surface area contributed by atoms with E-state index in [1.54, 1.807) is 12.1 Å². The molecule has 4 heteroatoms. The zero-order chi connectivity index (χ0) is 8.10. The standard InChI is InChI=1S/C7H7ClINO/c8-6-1-3-7(4-2-6)10-11-5-9/h1-4,10H,5H2. The van der Waals surface area contributed by atoms with E-state index in [2.05, 4.69) is 28.1 Å². The second-order valence-corrected chi connectivity index (χ2v) is 2.92. The van der Waals surface area contributed by atoms with Crippen molar-refractivity contribution >= 4 is 39.9 Å². The van der Waals surface area contributed by atoms with E-state index in [-0.39, 0.29) is 0 Å². The summed E-state index contributed by atoms with van der Waals surface area (Å²) in [6, 6.07) is 7.32. The third-order valence-electron chi connectivity index (χ3n) is 1.09. The van der Waals surface area contributed by atoms with E-state index < -0.39 is 0 Å². The van der Waals surface area contributed by atoms with Gasteiger partial charge in [-0.15, -0.1) is 0 Å². The molecule has 1 N–H and O–H groups in total.